The highest BCUT2D eigenvalue weighted by Crippen LogP contribution is 2.45. The molecule has 3 aliphatic carbocycles. The van der Waals surface area contributed by atoms with Crippen LogP contribution in [-0.2, 0) is 5.54 Å². The van der Waals surface area contributed by atoms with E-state index < -0.39 is 0 Å². The summed E-state index contributed by atoms with van der Waals surface area (Å²) >= 11 is 0. The highest BCUT2D eigenvalue weighted by atomic mass is 16.1. The quantitative estimate of drug-likeness (QED) is 0.510. The Morgan fingerprint density at radius 2 is 1.62 bits per heavy atom. The number of Topliss-reactive ketones (excluding diaryl/α,β-unsaturated/α-hetero) is 1. The topological polar surface area (TPSA) is 66.3 Å². The lowest BCUT2D eigenvalue weighted by Gasteiger charge is -2.43. The van der Waals surface area contributed by atoms with Gasteiger partial charge < -0.3 is 14.8 Å². The average Bonchev–Trinajstić information content (AvgIpc) is 3.38. The number of piperazine rings is 1. The Bertz CT molecular complexity index is 1150. The molecule has 0 radical (unpaired) electrons. The minimum Gasteiger partial charge on any atom is -0.351 e. The van der Waals surface area contributed by atoms with Crippen LogP contribution < -0.4 is 5.32 Å². The number of carbonyl (C=O) groups excluding carboxylic acids is 1. The zero-order valence-electron chi connectivity index (χ0n) is 23.9. The summed E-state index contributed by atoms with van der Waals surface area (Å²) in [5.41, 5.74) is 1.91. The highest BCUT2D eigenvalue weighted by molar-refractivity contribution is 6.00. The van der Waals surface area contributed by atoms with Crippen LogP contribution in [0.2, 0.25) is 0 Å². The van der Waals surface area contributed by atoms with E-state index in [0.717, 1.165) is 41.1 Å². The van der Waals surface area contributed by atoms with E-state index in [1.165, 1.54) is 123 Å². The van der Waals surface area contributed by atoms with Crippen LogP contribution in [-0.4, -0.2) is 74.9 Å². The van der Waals surface area contributed by atoms with Gasteiger partial charge in [-0.3, -0.25) is 9.69 Å². The van der Waals surface area contributed by atoms with Crippen molar-refractivity contribution in [3.05, 3.63) is 18.0 Å². The van der Waals surface area contributed by atoms with Gasteiger partial charge in [0.2, 0.25) is 5.95 Å². The van der Waals surface area contributed by atoms with Crippen LogP contribution in [0.3, 0.4) is 0 Å². The van der Waals surface area contributed by atoms with Gasteiger partial charge >= 0.3 is 0 Å². The molecule has 1 saturated heterocycles. The van der Waals surface area contributed by atoms with E-state index in [1.54, 1.807) is 0 Å². The Morgan fingerprint density at radius 1 is 0.872 bits per heavy atom. The van der Waals surface area contributed by atoms with Crippen LogP contribution in [0.5, 0.6) is 0 Å². The van der Waals surface area contributed by atoms with Crippen LogP contribution in [0.4, 0.5) is 5.95 Å². The maximum absolute atomic E-state index is 12.9. The summed E-state index contributed by atoms with van der Waals surface area (Å²) in [6.07, 6.45) is 21.9. The van der Waals surface area contributed by atoms with Gasteiger partial charge in [-0.2, -0.15) is 4.98 Å². The first-order valence-electron chi connectivity index (χ1n) is 16.3. The van der Waals surface area contributed by atoms with Crippen molar-refractivity contribution in [2.45, 2.75) is 120 Å². The first-order valence-corrected chi connectivity index (χ1v) is 16.3. The molecule has 0 bridgehead atoms. The van der Waals surface area contributed by atoms with Gasteiger partial charge in [-0.15, -0.1) is 0 Å². The smallest absolute Gasteiger partial charge is 0.224 e. The third kappa shape index (κ3) is 5.26. The number of nitrogens with zero attached hydrogens (tertiary/aromatic N) is 5. The zero-order chi connectivity index (χ0) is 26.2. The molecule has 212 valence electrons. The zero-order valence-corrected chi connectivity index (χ0v) is 23.9. The first kappa shape index (κ1) is 25.9. The number of nitrogens with one attached hydrogen (secondary N) is 1. The second-order valence-electron chi connectivity index (χ2n) is 13.5. The van der Waals surface area contributed by atoms with E-state index in [0.29, 0.717) is 12.5 Å². The molecular formula is C32H48N6O. The number of rotatable bonds is 5. The van der Waals surface area contributed by atoms with Gasteiger partial charge in [-0.25, -0.2) is 4.98 Å². The number of hydrogen-bond donors (Lipinski definition) is 1. The Labute approximate surface area is 234 Å². The van der Waals surface area contributed by atoms with E-state index in [4.69, 9.17) is 9.97 Å². The molecule has 0 amide bonds. The van der Waals surface area contributed by atoms with Crippen LogP contribution in [0.1, 0.15) is 113 Å². The average molecular weight is 533 g/mol. The van der Waals surface area contributed by atoms with Crippen LogP contribution in [0, 0.1) is 5.92 Å². The fraction of sp³-hybridized carbons (Fsp3) is 0.781. The Hall–Kier alpha value is -1.99. The highest BCUT2D eigenvalue weighted by Gasteiger charge is 2.41. The summed E-state index contributed by atoms with van der Waals surface area (Å²) in [4.78, 5) is 28.2. The van der Waals surface area contributed by atoms with Crippen molar-refractivity contribution in [2.24, 2.45) is 5.92 Å². The molecule has 4 heterocycles. The van der Waals surface area contributed by atoms with Crippen molar-refractivity contribution in [1.82, 2.24) is 24.3 Å². The van der Waals surface area contributed by atoms with E-state index >= 15 is 0 Å². The van der Waals surface area contributed by atoms with Crippen molar-refractivity contribution in [1.29, 1.82) is 0 Å². The van der Waals surface area contributed by atoms with E-state index in [9.17, 15) is 4.79 Å². The number of fused-ring (bicyclic) bond motifs is 4. The summed E-state index contributed by atoms with van der Waals surface area (Å²) < 4.78 is 2.34. The molecule has 1 N–H and O–H groups in total. The third-order valence-corrected chi connectivity index (χ3v) is 11.1. The van der Waals surface area contributed by atoms with Crippen LogP contribution in [0.15, 0.2) is 12.3 Å². The minimum absolute atomic E-state index is 0.0767. The summed E-state index contributed by atoms with van der Waals surface area (Å²) in [7, 11) is 0. The van der Waals surface area contributed by atoms with E-state index in [-0.39, 0.29) is 11.3 Å². The summed E-state index contributed by atoms with van der Waals surface area (Å²) in [5, 5.41) is 4.72. The van der Waals surface area contributed by atoms with Gasteiger partial charge in [0.05, 0.1) is 5.69 Å². The lowest BCUT2D eigenvalue weighted by Crippen LogP contribution is -2.52. The molecule has 39 heavy (non-hydrogen) atoms. The Kier molecular flexibility index (Phi) is 7.40. The van der Waals surface area contributed by atoms with Gasteiger partial charge in [0.15, 0.2) is 5.78 Å². The summed E-state index contributed by atoms with van der Waals surface area (Å²) in [6, 6.07) is 3.22. The lowest BCUT2D eigenvalue weighted by molar-refractivity contribution is 0.0658. The number of anilines is 1. The standard InChI is InChI=1S/C32H48N6O/c39-29-13-16-32(14-5-2-6-15-32)38-28(29)21-25-22-33-31(35-30(25)38)34-26-9-11-27(12-10-26)37-19-17-36(18-20-37)23-24-7-3-1-4-8-24/h21-22,24,26-27H,1-20,23H2,(H,33,34,35). The van der Waals surface area contributed by atoms with E-state index in [1.807, 2.05) is 6.20 Å². The molecule has 7 rings (SSSR count). The van der Waals surface area contributed by atoms with Gasteiger partial charge in [-0.1, -0.05) is 38.5 Å². The van der Waals surface area contributed by atoms with Crippen molar-refractivity contribution in [2.75, 3.05) is 38.0 Å². The van der Waals surface area contributed by atoms with Crippen molar-refractivity contribution in [3.63, 3.8) is 0 Å². The van der Waals surface area contributed by atoms with Crippen molar-refractivity contribution >= 4 is 22.8 Å². The molecule has 2 aromatic heterocycles. The number of aromatic nitrogens is 3. The predicted molar refractivity (Wildman–Crippen MR) is 156 cm³/mol. The molecule has 7 heteroatoms. The molecule has 0 aromatic carbocycles. The third-order valence-electron chi connectivity index (χ3n) is 11.1. The fourth-order valence-corrected chi connectivity index (χ4v) is 8.83. The molecule has 0 unspecified atom stereocenters. The second kappa shape index (κ2) is 11.1. The van der Waals surface area contributed by atoms with Gasteiger partial charge in [0, 0.05) is 68.4 Å². The first-order chi connectivity index (χ1) is 19.2. The van der Waals surface area contributed by atoms with Crippen molar-refractivity contribution < 1.29 is 4.79 Å². The van der Waals surface area contributed by atoms with E-state index in [2.05, 4.69) is 25.8 Å². The number of carbonyl (C=O) groups is 1. The maximum atomic E-state index is 12.9. The molecule has 3 saturated carbocycles. The summed E-state index contributed by atoms with van der Waals surface area (Å²) in [6.45, 7) is 6.35. The molecule has 1 spiro atoms. The molecule has 0 atom stereocenters. The monoisotopic (exact) mass is 532 g/mol. The minimum atomic E-state index is 0.0767. The molecule has 2 aliphatic heterocycles. The summed E-state index contributed by atoms with van der Waals surface area (Å²) in [5.74, 6) is 1.97. The Morgan fingerprint density at radius 3 is 2.38 bits per heavy atom. The molecular weight excluding hydrogens is 484 g/mol. The van der Waals surface area contributed by atoms with Gasteiger partial charge in [-0.05, 0) is 69.8 Å². The van der Waals surface area contributed by atoms with Crippen LogP contribution in [0.25, 0.3) is 11.0 Å². The lowest BCUT2D eigenvalue weighted by atomic mass is 9.75. The SMILES string of the molecule is O=C1CCC2(CCCCC2)n2c1cc1cnc(NC3CCC(N4CCN(CC5CCCCC5)CC4)CC3)nc12. The predicted octanol–water partition coefficient (Wildman–Crippen LogP) is 5.99. The molecule has 7 nitrogen and oxygen atoms in total. The second-order valence-corrected chi connectivity index (χ2v) is 13.5. The normalized spacial score (nSPS) is 29.1. The van der Waals surface area contributed by atoms with Gasteiger partial charge in [0.25, 0.3) is 0 Å². The fourth-order valence-electron chi connectivity index (χ4n) is 8.83. The van der Waals surface area contributed by atoms with Crippen molar-refractivity contribution in [3.8, 4) is 0 Å². The molecule has 2 aromatic rings. The maximum Gasteiger partial charge on any atom is 0.224 e. The van der Waals surface area contributed by atoms with Gasteiger partial charge in [0.1, 0.15) is 5.65 Å². The largest absolute Gasteiger partial charge is 0.351 e. The number of ketones is 1. The Balaban J connectivity index is 0.961. The molecule has 4 fully saturated rings. The molecule has 5 aliphatic rings. The number of hydrogen-bond acceptors (Lipinski definition) is 6. The van der Waals surface area contributed by atoms with Crippen LogP contribution >= 0.6 is 0 Å².